The molecule has 0 radical (unpaired) electrons. The Hall–Kier alpha value is -1.83. The lowest BCUT2D eigenvalue weighted by molar-refractivity contribution is 0.403. The predicted molar refractivity (Wildman–Crippen MR) is 113 cm³/mol. The van der Waals surface area contributed by atoms with Gasteiger partial charge in [-0.25, -0.2) is 0 Å². The summed E-state index contributed by atoms with van der Waals surface area (Å²) in [6.07, 6.45) is 8.88. The van der Waals surface area contributed by atoms with Crippen molar-refractivity contribution in [3.8, 4) is 0 Å². The molecule has 4 rings (SSSR count). The van der Waals surface area contributed by atoms with E-state index in [-0.39, 0.29) is 10.8 Å². The number of fused-ring (bicyclic) bond motifs is 1. The van der Waals surface area contributed by atoms with Gasteiger partial charge < -0.3 is 4.52 Å². The molecule has 2 aliphatic rings. The fraction of sp³-hybridized carbons (Fsp3) is 0.560. The van der Waals surface area contributed by atoms with Crippen LogP contribution in [0.2, 0.25) is 0 Å². The molecule has 2 aromatic rings. The normalized spacial score (nSPS) is 20.9. The van der Waals surface area contributed by atoms with Gasteiger partial charge in [-0.05, 0) is 82.3 Å². The second kappa shape index (κ2) is 6.36. The number of benzene rings is 1. The number of rotatable bonds is 5. The molecule has 0 atom stereocenters. The Morgan fingerprint density at radius 3 is 2.37 bits per heavy atom. The first-order chi connectivity index (χ1) is 12.7. The Kier molecular flexibility index (Phi) is 4.36. The molecule has 1 heterocycles. The van der Waals surface area contributed by atoms with E-state index in [2.05, 4.69) is 64.9 Å². The lowest BCUT2D eigenvalue weighted by Gasteiger charge is -2.23. The molecular formula is C25H33NO. The zero-order valence-electron chi connectivity index (χ0n) is 17.7. The van der Waals surface area contributed by atoms with Crippen molar-refractivity contribution in [1.29, 1.82) is 0 Å². The molecule has 2 aliphatic carbocycles. The van der Waals surface area contributed by atoms with E-state index in [0.29, 0.717) is 11.8 Å². The van der Waals surface area contributed by atoms with Crippen molar-refractivity contribution in [3.05, 3.63) is 52.4 Å². The number of hydrogen-bond acceptors (Lipinski definition) is 2. The van der Waals surface area contributed by atoms with E-state index in [4.69, 9.17) is 4.52 Å². The number of hydrogen-bond donors (Lipinski definition) is 0. The van der Waals surface area contributed by atoms with Gasteiger partial charge in [-0.2, -0.15) is 0 Å². The zero-order valence-corrected chi connectivity index (χ0v) is 17.7. The summed E-state index contributed by atoms with van der Waals surface area (Å²) >= 11 is 0. The minimum Gasteiger partial charge on any atom is -0.357 e. The van der Waals surface area contributed by atoms with E-state index in [1.54, 1.807) is 17.3 Å². The van der Waals surface area contributed by atoms with Crippen LogP contribution < -0.4 is 0 Å². The van der Waals surface area contributed by atoms with Gasteiger partial charge in [0, 0.05) is 6.07 Å². The Balaban J connectivity index is 1.91. The van der Waals surface area contributed by atoms with E-state index in [1.165, 1.54) is 36.0 Å². The molecular weight excluding hydrogens is 330 g/mol. The number of nitrogens with zero attached hydrogens (tertiary/aromatic N) is 1. The Morgan fingerprint density at radius 2 is 1.81 bits per heavy atom. The highest BCUT2D eigenvalue weighted by Gasteiger charge is 2.43. The second-order valence-corrected chi connectivity index (χ2v) is 10.4. The van der Waals surface area contributed by atoms with Crippen LogP contribution in [0.5, 0.6) is 0 Å². The summed E-state index contributed by atoms with van der Waals surface area (Å²) in [5.74, 6) is 2.18. The predicted octanol–water partition coefficient (Wildman–Crippen LogP) is 6.78. The average molecular weight is 364 g/mol. The van der Waals surface area contributed by atoms with Crippen LogP contribution in [0.4, 0.5) is 0 Å². The third kappa shape index (κ3) is 3.51. The van der Waals surface area contributed by atoms with Gasteiger partial charge in [-0.3, -0.25) is 0 Å². The van der Waals surface area contributed by atoms with E-state index in [9.17, 15) is 0 Å². The van der Waals surface area contributed by atoms with Gasteiger partial charge in [0.05, 0.1) is 6.20 Å². The van der Waals surface area contributed by atoms with Gasteiger partial charge in [-0.1, -0.05) is 58.8 Å². The van der Waals surface area contributed by atoms with E-state index in [1.807, 2.05) is 6.07 Å². The summed E-state index contributed by atoms with van der Waals surface area (Å²) in [5.41, 5.74) is 7.98. The smallest absolute Gasteiger partial charge is 0.159 e. The van der Waals surface area contributed by atoms with Crippen LogP contribution in [-0.4, -0.2) is 5.16 Å². The molecule has 1 saturated carbocycles. The fourth-order valence-electron chi connectivity index (χ4n) is 5.20. The highest BCUT2D eigenvalue weighted by Crippen LogP contribution is 2.52. The molecule has 144 valence electrons. The standard InChI is InChI=1S/C25H33NO/c1-16(2)11-18-12-22-23(25(5,6)15-24(22,3)4)14-21(18)20(17-7-8-17)13-19-9-10-26-27-19/h9-10,12-14,16-17H,7-8,11,15H2,1-6H3. The minimum atomic E-state index is 0.227. The summed E-state index contributed by atoms with van der Waals surface area (Å²) in [5, 5.41) is 3.90. The molecule has 0 spiro atoms. The molecule has 1 aromatic heterocycles. The maximum Gasteiger partial charge on any atom is 0.159 e. The van der Waals surface area contributed by atoms with Crippen LogP contribution in [0.15, 0.2) is 28.9 Å². The van der Waals surface area contributed by atoms with Gasteiger partial charge >= 0.3 is 0 Å². The van der Waals surface area contributed by atoms with Crippen molar-refractivity contribution in [1.82, 2.24) is 5.16 Å². The molecule has 1 fully saturated rings. The van der Waals surface area contributed by atoms with E-state index in [0.717, 1.165) is 12.2 Å². The first kappa shape index (κ1) is 18.5. The first-order valence-electron chi connectivity index (χ1n) is 10.5. The van der Waals surface area contributed by atoms with Gasteiger partial charge in [0.2, 0.25) is 0 Å². The molecule has 2 nitrogen and oxygen atoms in total. The van der Waals surface area contributed by atoms with Crippen LogP contribution >= 0.6 is 0 Å². The lowest BCUT2D eigenvalue weighted by Crippen LogP contribution is -2.18. The molecule has 0 bridgehead atoms. The maximum atomic E-state index is 5.42. The van der Waals surface area contributed by atoms with Crippen molar-refractivity contribution in [3.63, 3.8) is 0 Å². The lowest BCUT2D eigenvalue weighted by atomic mass is 9.82. The van der Waals surface area contributed by atoms with E-state index >= 15 is 0 Å². The molecule has 0 amide bonds. The van der Waals surface area contributed by atoms with Gasteiger partial charge in [0.1, 0.15) is 0 Å². The molecule has 0 unspecified atom stereocenters. The summed E-state index contributed by atoms with van der Waals surface area (Å²) in [6, 6.07) is 7.03. The molecule has 2 heteroatoms. The minimum absolute atomic E-state index is 0.227. The third-order valence-electron chi connectivity index (χ3n) is 6.30. The molecule has 0 N–H and O–H groups in total. The van der Waals surface area contributed by atoms with Crippen LogP contribution in [0, 0.1) is 11.8 Å². The summed E-state index contributed by atoms with van der Waals surface area (Å²) in [6.45, 7) is 14.3. The van der Waals surface area contributed by atoms with Gasteiger partial charge in [0.15, 0.2) is 5.76 Å². The fourth-order valence-corrected chi connectivity index (χ4v) is 5.20. The van der Waals surface area contributed by atoms with Crippen LogP contribution in [0.25, 0.3) is 11.6 Å². The Morgan fingerprint density at radius 1 is 1.15 bits per heavy atom. The van der Waals surface area contributed by atoms with Gasteiger partial charge in [0.25, 0.3) is 0 Å². The number of allylic oxidation sites excluding steroid dienone is 1. The van der Waals surface area contributed by atoms with Gasteiger partial charge in [-0.15, -0.1) is 0 Å². The highest BCUT2D eigenvalue weighted by molar-refractivity contribution is 5.85. The highest BCUT2D eigenvalue weighted by atomic mass is 16.5. The van der Waals surface area contributed by atoms with Crippen LogP contribution in [0.1, 0.15) is 88.8 Å². The largest absolute Gasteiger partial charge is 0.357 e. The molecule has 0 saturated heterocycles. The van der Waals surface area contributed by atoms with Crippen molar-refractivity contribution < 1.29 is 4.52 Å². The van der Waals surface area contributed by atoms with Crippen LogP contribution in [0.3, 0.4) is 0 Å². The van der Waals surface area contributed by atoms with Crippen molar-refractivity contribution in [2.24, 2.45) is 11.8 Å². The zero-order chi connectivity index (χ0) is 19.4. The number of aromatic nitrogens is 1. The van der Waals surface area contributed by atoms with Crippen molar-refractivity contribution in [2.45, 2.75) is 78.1 Å². The molecule has 0 aliphatic heterocycles. The summed E-state index contributed by atoms with van der Waals surface area (Å²) in [4.78, 5) is 0. The van der Waals surface area contributed by atoms with Crippen molar-refractivity contribution in [2.75, 3.05) is 0 Å². The average Bonchev–Trinajstić information content (AvgIpc) is 3.22. The maximum absolute atomic E-state index is 5.42. The Labute approximate surface area is 164 Å². The summed E-state index contributed by atoms with van der Waals surface area (Å²) in [7, 11) is 0. The monoisotopic (exact) mass is 363 g/mol. The first-order valence-corrected chi connectivity index (χ1v) is 10.5. The van der Waals surface area contributed by atoms with E-state index < -0.39 is 0 Å². The Bertz CT molecular complexity index is 864. The quantitative estimate of drug-likeness (QED) is 0.585. The molecule has 1 aromatic carbocycles. The van der Waals surface area contributed by atoms with Crippen molar-refractivity contribution >= 4 is 11.6 Å². The second-order valence-electron chi connectivity index (χ2n) is 10.4. The molecule has 27 heavy (non-hydrogen) atoms. The summed E-state index contributed by atoms with van der Waals surface area (Å²) < 4.78 is 5.42. The van der Waals surface area contributed by atoms with Crippen LogP contribution in [-0.2, 0) is 17.3 Å². The topological polar surface area (TPSA) is 26.0 Å². The SMILES string of the molecule is CC(C)Cc1cc2c(cc1C(=Cc1ccno1)C1CC1)C(C)(C)CC2(C)C. The third-order valence-corrected chi connectivity index (χ3v) is 6.30.